The van der Waals surface area contributed by atoms with Crippen LogP contribution in [-0.2, 0) is 11.8 Å². The van der Waals surface area contributed by atoms with E-state index in [2.05, 4.69) is 5.10 Å². The van der Waals surface area contributed by atoms with Gasteiger partial charge in [-0.1, -0.05) is 13.8 Å². The summed E-state index contributed by atoms with van der Waals surface area (Å²) in [5, 5.41) is 13.3. The summed E-state index contributed by atoms with van der Waals surface area (Å²) in [6, 6.07) is 1.04. The smallest absolute Gasteiger partial charge is 0.326 e. The summed E-state index contributed by atoms with van der Waals surface area (Å²) in [4.78, 5) is 24.9. The zero-order valence-corrected chi connectivity index (χ0v) is 11.5. The zero-order valence-electron chi connectivity index (χ0n) is 11.5. The molecule has 1 aromatic heterocycles. The van der Waals surface area contributed by atoms with E-state index in [1.54, 1.807) is 17.8 Å². The van der Waals surface area contributed by atoms with E-state index in [1.165, 1.54) is 4.90 Å². The molecule has 0 bridgehead atoms. The van der Waals surface area contributed by atoms with Gasteiger partial charge in [-0.15, -0.1) is 0 Å². The van der Waals surface area contributed by atoms with Crippen LogP contribution < -0.4 is 0 Å². The molecule has 0 spiro atoms. The van der Waals surface area contributed by atoms with Crippen LogP contribution in [0.25, 0.3) is 0 Å². The Morgan fingerprint density at radius 2 is 2.16 bits per heavy atom. The van der Waals surface area contributed by atoms with Gasteiger partial charge in [0, 0.05) is 19.3 Å². The minimum atomic E-state index is -0.939. The SMILES string of the molecule is CC(C)c1cc(C(=O)N2CCCC2C(=O)O)nn1C. The quantitative estimate of drug-likeness (QED) is 0.892. The summed E-state index contributed by atoms with van der Waals surface area (Å²) in [5.41, 5.74) is 1.30. The number of rotatable bonds is 3. The van der Waals surface area contributed by atoms with E-state index >= 15 is 0 Å². The number of hydrogen-bond donors (Lipinski definition) is 1. The molecule has 6 heteroatoms. The maximum Gasteiger partial charge on any atom is 0.326 e. The van der Waals surface area contributed by atoms with E-state index < -0.39 is 12.0 Å². The predicted molar refractivity (Wildman–Crippen MR) is 69.0 cm³/mol. The molecular formula is C13H19N3O3. The third-order valence-corrected chi connectivity index (χ3v) is 3.53. The lowest BCUT2D eigenvalue weighted by Crippen LogP contribution is -2.40. The third-order valence-electron chi connectivity index (χ3n) is 3.53. The van der Waals surface area contributed by atoms with Crippen LogP contribution in [0.1, 0.15) is 48.8 Å². The second-order valence-corrected chi connectivity index (χ2v) is 5.23. The van der Waals surface area contributed by atoms with E-state index in [9.17, 15) is 9.59 Å². The molecule has 2 heterocycles. The fourth-order valence-electron chi connectivity index (χ4n) is 2.54. The fraction of sp³-hybridized carbons (Fsp3) is 0.615. The fourth-order valence-corrected chi connectivity index (χ4v) is 2.54. The molecule has 0 aromatic carbocycles. The van der Waals surface area contributed by atoms with E-state index in [0.29, 0.717) is 18.7 Å². The summed E-state index contributed by atoms with van der Waals surface area (Å²) >= 11 is 0. The topological polar surface area (TPSA) is 75.4 Å². The van der Waals surface area contributed by atoms with Crippen molar-refractivity contribution in [2.45, 2.75) is 38.6 Å². The number of nitrogens with zero attached hydrogens (tertiary/aromatic N) is 3. The van der Waals surface area contributed by atoms with Gasteiger partial charge in [0.2, 0.25) is 0 Å². The minimum absolute atomic E-state index is 0.271. The largest absolute Gasteiger partial charge is 0.480 e. The van der Waals surface area contributed by atoms with Crippen molar-refractivity contribution in [3.63, 3.8) is 0 Å². The molecule has 0 radical (unpaired) electrons. The molecule has 1 aromatic rings. The van der Waals surface area contributed by atoms with Crippen LogP contribution in [0.5, 0.6) is 0 Å². The van der Waals surface area contributed by atoms with Crippen LogP contribution >= 0.6 is 0 Å². The number of aromatic nitrogens is 2. The molecule has 1 fully saturated rings. The molecule has 19 heavy (non-hydrogen) atoms. The van der Waals surface area contributed by atoms with Gasteiger partial charge in [-0.3, -0.25) is 9.48 Å². The Morgan fingerprint density at radius 1 is 1.47 bits per heavy atom. The molecule has 0 aliphatic carbocycles. The summed E-state index contributed by atoms with van der Waals surface area (Å²) in [5.74, 6) is -0.953. The van der Waals surface area contributed by atoms with Crippen LogP contribution in [-0.4, -0.2) is 44.3 Å². The van der Waals surface area contributed by atoms with Crippen molar-refractivity contribution < 1.29 is 14.7 Å². The first-order valence-corrected chi connectivity index (χ1v) is 6.49. The first-order valence-electron chi connectivity index (χ1n) is 6.49. The number of amides is 1. The van der Waals surface area contributed by atoms with Crippen molar-refractivity contribution >= 4 is 11.9 Å². The van der Waals surface area contributed by atoms with Crippen molar-refractivity contribution in [3.8, 4) is 0 Å². The normalized spacial score (nSPS) is 19.2. The Bertz CT molecular complexity index is 507. The maximum atomic E-state index is 12.3. The Hall–Kier alpha value is -1.85. The van der Waals surface area contributed by atoms with Gasteiger partial charge in [0.25, 0.3) is 5.91 Å². The molecule has 1 saturated heterocycles. The van der Waals surface area contributed by atoms with Crippen molar-refractivity contribution in [1.29, 1.82) is 0 Å². The predicted octanol–water partition coefficient (Wildman–Crippen LogP) is 1.23. The number of carboxylic acids is 1. The monoisotopic (exact) mass is 265 g/mol. The van der Waals surface area contributed by atoms with Crippen LogP contribution in [0.4, 0.5) is 0 Å². The van der Waals surface area contributed by atoms with Crippen LogP contribution in [0.15, 0.2) is 6.07 Å². The first kappa shape index (κ1) is 13.6. The van der Waals surface area contributed by atoms with Crippen LogP contribution in [0, 0.1) is 0 Å². The van der Waals surface area contributed by atoms with Gasteiger partial charge in [-0.2, -0.15) is 5.10 Å². The second-order valence-electron chi connectivity index (χ2n) is 5.23. The third kappa shape index (κ3) is 2.47. The lowest BCUT2D eigenvalue weighted by molar-refractivity contribution is -0.141. The van der Waals surface area contributed by atoms with Crippen molar-refractivity contribution in [2.24, 2.45) is 7.05 Å². The lowest BCUT2D eigenvalue weighted by Gasteiger charge is -2.20. The molecular weight excluding hydrogens is 246 g/mol. The summed E-state index contributed by atoms with van der Waals surface area (Å²) in [7, 11) is 1.80. The number of aryl methyl sites for hydroxylation is 1. The Morgan fingerprint density at radius 3 is 2.68 bits per heavy atom. The summed E-state index contributed by atoms with van der Waals surface area (Å²) in [6.45, 7) is 4.55. The molecule has 1 unspecified atom stereocenters. The van der Waals surface area contributed by atoms with E-state index in [1.807, 2.05) is 13.8 Å². The van der Waals surface area contributed by atoms with E-state index in [0.717, 1.165) is 12.1 Å². The molecule has 0 saturated carbocycles. The molecule has 1 amide bonds. The molecule has 6 nitrogen and oxygen atoms in total. The molecule has 1 aliphatic rings. The highest BCUT2D eigenvalue weighted by molar-refractivity contribution is 5.95. The molecule has 2 rings (SSSR count). The van der Waals surface area contributed by atoms with Gasteiger partial charge in [0.15, 0.2) is 5.69 Å². The lowest BCUT2D eigenvalue weighted by atomic mass is 10.1. The average molecular weight is 265 g/mol. The first-order chi connectivity index (χ1) is 8.91. The number of likely N-dealkylation sites (tertiary alicyclic amines) is 1. The molecule has 104 valence electrons. The van der Waals surface area contributed by atoms with Gasteiger partial charge in [-0.25, -0.2) is 4.79 Å². The highest BCUT2D eigenvalue weighted by Gasteiger charge is 2.35. The number of hydrogen-bond acceptors (Lipinski definition) is 3. The molecule has 1 N–H and O–H groups in total. The summed E-state index contributed by atoms with van der Waals surface area (Å²) < 4.78 is 1.68. The van der Waals surface area contributed by atoms with Crippen molar-refractivity contribution in [1.82, 2.24) is 14.7 Å². The number of aliphatic carboxylic acids is 1. The number of carboxylic acid groups (broad SMARTS) is 1. The van der Waals surface area contributed by atoms with Gasteiger partial charge in [0.05, 0.1) is 0 Å². The number of carbonyl (C=O) groups excluding carboxylic acids is 1. The van der Waals surface area contributed by atoms with E-state index in [4.69, 9.17) is 5.11 Å². The van der Waals surface area contributed by atoms with E-state index in [-0.39, 0.29) is 11.8 Å². The number of carbonyl (C=O) groups is 2. The van der Waals surface area contributed by atoms with Gasteiger partial charge >= 0.3 is 5.97 Å². The van der Waals surface area contributed by atoms with Crippen molar-refractivity contribution in [3.05, 3.63) is 17.5 Å². The zero-order chi connectivity index (χ0) is 14.2. The Kier molecular flexibility index (Phi) is 3.59. The Labute approximate surface area is 112 Å². The maximum absolute atomic E-state index is 12.3. The van der Waals surface area contributed by atoms with Gasteiger partial charge in [-0.05, 0) is 24.8 Å². The average Bonchev–Trinajstić information content (AvgIpc) is 2.93. The minimum Gasteiger partial charge on any atom is -0.480 e. The van der Waals surface area contributed by atoms with Crippen LogP contribution in [0.3, 0.4) is 0 Å². The van der Waals surface area contributed by atoms with Gasteiger partial charge in [0.1, 0.15) is 6.04 Å². The molecule has 1 aliphatic heterocycles. The Balaban J connectivity index is 2.24. The van der Waals surface area contributed by atoms with Crippen LogP contribution in [0.2, 0.25) is 0 Å². The van der Waals surface area contributed by atoms with Gasteiger partial charge < -0.3 is 10.0 Å². The second kappa shape index (κ2) is 5.03. The molecule has 1 atom stereocenters. The van der Waals surface area contributed by atoms with Crippen molar-refractivity contribution in [2.75, 3.05) is 6.54 Å². The summed E-state index contributed by atoms with van der Waals surface area (Å²) in [6.07, 6.45) is 1.25. The highest BCUT2D eigenvalue weighted by atomic mass is 16.4. The highest BCUT2D eigenvalue weighted by Crippen LogP contribution is 2.21. The standard InChI is InChI=1S/C13H19N3O3/c1-8(2)11-7-9(14-15(11)3)12(17)16-6-4-5-10(16)13(18)19/h7-8,10H,4-6H2,1-3H3,(H,18,19).